The van der Waals surface area contributed by atoms with E-state index in [1.807, 2.05) is 11.3 Å². The molecule has 2 aliphatic rings. The molecule has 0 aromatic carbocycles. The maximum Gasteiger partial charge on any atom is 0.222 e. The van der Waals surface area contributed by atoms with E-state index in [1.54, 1.807) is 0 Å². The van der Waals surface area contributed by atoms with Gasteiger partial charge < -0.3 is 14.7 Å². The van der Waals surface area contributed by atoms with E-state index in [0.717, 1.165) is 62.0 Å². The number of aromatic nitrogens is 2. The van der Waals surface area contributed by atoms with E-state index in [1.165, 1.54) is 60.8 Å². The third-order valence-electron chi connectivity index (χ3n) is 6.73. The molecule has 3 heterocycles. The molecular weight excluding hydrogens is 418 g/mol. The van der Waals surface area contributed by atoms with Crippen LogP contribution < -0.4 is 4.90 Å². The van der Waals surface area contributed by atoms with Crippen LogP contribution in [0.15, 0.2) is 0 Å². The van der Waals surface area contributed by atoms with E-state index in [-0.39, 0.29) is 0 Å². The lowest BCUT2D eigenvalue weighted by Gasteiger charge is -2.36. The molecule has 0 radical (unpaired) electrons. The topological polar surface area (TPSA) is 52.6 Å². The van der Waals surface area contributed by atoms with E-state index in [0.29, 0.717) is 12.3 Å². The maximum absolute atomic E-state index is 12.7. The molecule has 0 saturated carbocycles. The van der Waals surface area contributed by atoms with Crippen LogP contribution in [-0.4, -0.2) is 65.9 Å². The number of piperazine rings is 1. The van der Waals surface area contributed by atoms with Gasteiger partial charge in [0.2, 0.25) is 5.91 Å². The minimum Gasteiger partial charge on any atom is -0.352 e. The van der Waals surface area contributed by atoms with Crippen LogP contribution in [0.4, 0.5) is 5.82 Å². The molecule has 0 atom stereocenters. The van der Waals surface area contributed by atoms with Gasteiger partial charge in [-0.25, -0.2) is 9.97 Å². The van der Waals surface area contributed by atoms with Gasteiger partial charge in [-0.3, -0.25) is 4.79 Å². The molecule has 6 nitrogen and oxygen atoms in total. The fraction of sp³-hybridized carbons (Fsp3) is 0.720. The predicted molar refractivity (Wildman–Crippen MR) is 134 cm³/mol. The summed E-state index contributed by atoms with van der Waals surface area (Å²) in [6.45, 7) is 6.30. The Morgan fingerprint density at radius 1 is 1.00 bits per heavy atom. The van der Waals surface area contributed by atoms with Gasteiger partial charge in [-0.2, -0.15) is 0 Å². The summed E-state index contributed by atoms with van der Waals surface area (Å²) >= 11 is 1.88. The standard InChI is InChI=1S/C25H39N5OS/c1-4-5-6-7-8-13-22(31)29-14-16-30(17-15-29)24-23-19-11-9-10-12-20(19)32-25(23)27-21(26-24)18-28(2)3/h4-18H2,1-3H3. The summed E-state index contributed by atoms with van der Waals surface area (Å²) in [6.07, 6.45) is 11.6. The van der Waals surface area contributed by atoms with Crippen LogP contribution in [0.1, 0.15) is 74.6 Å². The first-order valence-electron chi connectivity index (χ1n) is 12.6. The lowest BCUT2D eigenvalue weighted by Crippen LogP contribution is -2.49. The Kier molecular flexibility index (Phi) is 8.00. The van der Waals surface area contributed by atoms with Gasteiger partial charge in [0.1, 0.15) is 16.5 Å². The number of anilines is 1. The molecule has 1 fully saturated rings. The van der Waals surface area contributed by atoms with Crippen molar-refractivity contribution in [2.24, 2.45) is 0 Å². The van der Waals surface area contributed by atoms with Crippen LogP contribution >= 0.6 is 11.3 Å². The highest BCUT2D eigenvalue weighted by atomic mass is 32.1. The highest BCUT2D eigenvalue weighted by Crippen LogP contribution is 2.40. The molecule has 1 aliphatic carbocycles. The quantitative estimate of drug-likeness (QED) is 0.514. The fourth-order valence-corrected chi connectivity index (χ4v) is 6.24. The molecule has 0 unspecified atom stereocenters. The van der Waals surface area contributed by atoms with E-state index < -0.39 is 0 Å². The molecule has 2 aromatic rings. The number of fused-ring (bicyclic) bond motifs is 3. The zero-order valence-electron chi connectivity index (χ0n) is 20.2. The first-order valence-corrected chi connectivity index (χ1v) is 13.4. The smallest absolute Gasteiger partial charge is 0.222 e. The van der Waals surface area contributed by atoms with Gasteiger partial charge in [0.25, 0.3) is 0 Å². The maximum atomic E-state index is 12.7. The Labute approximate surface area is 197 Å². The van der Waals surface area contributed by atoms with Crippen LogP contribution in [-0.2, 0) is 24.2 Å². The highest BCUT2D eigenvalue weighted by molar-refractivity contribution is 7.19. The second-order valence-electron chi connectivity index (χ2n) is 9.62. The number of hydrogen-bond donors (Lipinski definition) is 0. The molecule has 176 valence electrons. The third kappa shape index (κ3) is 5.42. The van der Waals surface area contributed by atoms with Crippen molar-refractivity contribution >= 4 is 33.3 Å². The molecular formula is C25H39N5OS. The van der Waals surface area contributed by atoms with Crippen molar-refractivity contribution in [1.82, 2.24) is 19.8 Å². The van der Waals surface area contributed by atoms with Crippen LogP contribution in [0, 0.1) is 0 Å². The molecule has 32 heavy (non-hydrogen) atoms. The minimum absolute atomic E-state index is 0.329. The normalized spacial score (nSPS) is 16.8. The van der Waals surface area contributed by atoms with Gasteiger partial charge in [-0.05, 0) is 51.8 Å². The number of rotatable bonds is 9. The summed E-state index contributed by atoms with van der Waals surface area (Å²) in [5.41, 5.74) is 1.49. The monoisotopic (exact) mass is 457 g/mol. The van der Waals surface area contributed by atoms with Gasteiger partial charge in [-0.1, -0.05) is 32.6 Å². The average Bonchev–Trinajstić information content (AvgIpc) is 3.16. The van der Waals surface area contributed by atoms with E-state index in [2.05, 4.69) is 35.7 Å². The number of nitrogens with zero attached hydrogens (tertiary/aromatic N) is 5. The Balaban J connectivity index is 1.47. The number of carbonyl (C=O) groups is 1. The summed E-state index contributed by atoms with van der Waals surface area (Å²) in [5, 5.41) is 1.29. The molecule has 1 aliphatic heterocycles. The average molecular weight is 458 g/mol. The summed E-state index contributed by atoms with van der Waals surface area (Å²) in [6, 6.07) is 0. The fourth-order valence-electron chi connectivity index (χ4n) is 4.97. The molecule has 2 aromatic heterocycles. The molecule has 4 rings (SSSR count). The molecule has 0 N–H and O–H groups in total. The highest BCUT2D eigenvalue weighted by Gasteiger charge is 2.27. The Morgan fingerprint density at radius 2 is 1.75 bits per heavy atom. The SMILES string of the molecule is CCCCCCCC(=O)N1CCN(c2nc(CN(C)C)nc3sc4c(c23)CCCC4)CC1. The lowest BCUT2D eigenvalue weighted by atomic mass is 9.97. The van der Waals surface area contributed by atoms with Gasteiger partial charge in [0.15, 0.2) is 0 Å². The van der Waals surface area contributed by atoms with Crippen molar-refractivity contribution in [3.63, 3.8) is 0 Å². The second-order valence-corrected chi connectivity index (χ2v) is 10.7. The summed E-state index contributed by atoms with van der Waals surface area (Å²) in [5.74, 6) is 2.34. The predicted octanol–water partition coefficient (Wildman–Crippen LogP) is 4.64. The largest absolute Gasteiger partial charge is 0.352 e. The van der Waals surface area contributed by atoms with Crippen molar-refractivity contribution in [1.29, 1.82) is 0 Å². The van der Waals surface area contributed by atoms with Crippen molar-refractivity contribution in [2.45, 2.75) is 77.7 Å². The first kappa shape index (κ1) is 23.4. The van der Waals surface area contributed by atoms with Gasteiger partial charge in [0.05, 0.1) is 11.9 Å². The molecule has 1 amide bonds. The molecule has 1 saturated heterocycles. The number of aryl methyl sites for hydroxylation is 2. The summed E-state index contributed by atoms with van der Waals surface area (Å²) in [7, 11) is 4.14. The number of thiophene rings is 1. The second kappa shape index (κ2) is 10.9. The minimum atomic E-state index is 0.329. The Bertz CT molecular complexity index is 917. The van der Waals surface area contributed by atoms with Crippen LogP contribution in [0.5, 0.6) is 0 Å². The summed E-state index contributed by atoms with van der Waals surface area (Å²) in [4.78, 5) is 32.0. The van der Waals surface area contributed by atoms with Gasteiger partial charge in [0, 0.05) is 37.5 Å². The Hall–Kier alpha value is -1.73. The Morgan fingerprint density at radius 3 is 2.50 bits per heavy atom. The molecule has 0 spiro atoms. The third-order valence-corrected chi connectivity index (χ3v) is 7.91. The van der Waals surface area contributed by atoms with Gasteiger partial charge in [-0.15, -0.1) is 11.3 Å². The van der Waals surface area contributed by atoms with Crippen molar-refractivity contribution in [2.75, 3.05) is 45.2 Å². The molecule has 0 bridgehead atoms. The number of carbonyl (C=O) groups excluding carboxylic acids is 1. The zero-order valence-corrected chi connectivity index (χ0v) is 21.0. The lowest BCUT2D eigenvalue weighted by molar-refractivity contribution is -0.131. The zero-order chi connectivity index (χ0) is 22.5. The number of unbranched alkanes of at least 4 members (excludes halogenated alkanes) is 4. The van der Waals surface area contributed by atoms with E-state index in [9.17, 15) is 4.79 Å². The summed E-state index contributed by atoms with van der Waals surface area (Å²) < 4.78 is 0. The van der Waals surface area contributed by atoms with E-state index in [4.69, 9.17) is 9.97 Å². The van der Waals surface area contributed by atoms with Crippen LogP contribution in [0.2, 0.25) is 0 Å². The first-order chi connectivity index (χ1) is 15.6. The van der Waals surface area contributed by atoms with Crippen molar-refractivity contribution in [3.05, 3.63) is 16.3 Å². The number of amides is 1. The van der Waals surface area contributed by atoms with Crippen LogP contribution in [0.3, 0.4) is 0 Å². The van der Waals surface area contributed by atoms with Gasteiger partial charge >= 0.3 is 0 Å². The van der Waals surface area contributed by atoms with E-state index >= 15 is 0 Å². The van der Waals surface area contributed by atoms with Crippen molar-refractivity contribution in [3.8, 4) is 0 Å². The number of hydrogen-bond acceptors (Lipinski definition) is 6. The van der Waals surface area contributed by atoms with Crippen LogP contribution in [0.25, 0.3) is 10.2 Å². The molecule has 7 heteroatoms. The van der Waals surface area contributed by atoms with Crippen molar-refractivity contribution < 1.29 is 4.79 Å².